The summed E-state index contributed by atoms with van der Waals surface area (Å²) < 4.78 is 0. The zero-order chi connectivity index (χ0) is 8.23. The van der Waals surface area contributed by atoms with Crippen LogP contribution in [0.2, 0.25) is 0 Å². The van der Waals surface area contributed by atoms with E-state index < -0.39 is 0 Å². The monoisotopic (exact) mass is 159 g/mol. The lowest BCUT2D eigenvalue weighted by atomic mass is 10.1. The van der Waals surface area contributed by atoms with Crippen molar-refractivity contribution in [2.45, 2.75) is 6.42 Å². The first-order valence-electron chi connectivity index (χ1n) is 4.17. The molecule has 0 atom stereocenters. The van der Waals surface area contributed by atoms with E-state index in [1.165, 1.54) is 5.56 Å². The second kappa shape index (κ2) is 3.39. The predicted octanol–water partition coefficient (Wildman–Crippen LogP) is 1.03. The van der Waals surface area contributed by atoms with Crippen molar-refractivity contribution in [3.05, 3.63) is 35.9 Å². The number of aliphatic imine (C=N–C) groups is 1. The Kier molecular flexibility index (Phi) is 2.08. The number of hydrogen-bond acceptors (Lipinski definition) is 2. The van der Waals surface area contributed by atoms with Crippen molar-refractivity contribution in [3.63, 3.8) is 0 Å². The van der Waals surface area contributed by atoms with Gasteiger partial charge in [-0.1, -0.05) is 24.3 Å². The third-order valence-electron chi connectivity index (χ3n) is 1.90. The largest absolute Gasteiger partial charge is 0.372 e. The van der Waals surface area contributed by atoms with Gasteiger partial charge in [-0.25, -0.2) is 0 Å². The second-order valence-electron chi connectivity index (χ2n) is 2.84. The summed E-state index contributed by atoms with van der Waals surface area (Å²) in [5.74, 6) is 1.11. The molecule has 1 heterocycles. The molecule has 0 spiro atoms. The summed E-state index contributed by atoms with van der Waals surface area (Å²) in [7, 11) is 0. The van der Waals surface area contributed by atoms with Gasteiger partial charge in [0.05, 0.1) is 6.54 Å². The van der Waals surface area contributed by atoms with Crippen molar-refractivity contribution in [2.75, 3.05) is 13.1 Å². The molecular formula is C10H11N2. The molecule has 0 fully saturated rings. The summed E-state index contributed by atoms with van der Waals surface area (Å²) in [5, 5.41) is 3.24. The molecule has 0 unspecified atom stereocenters. The van der Waals surface area contributed by atoms with E-state index in [-0.39, 0.29) is 0 Å². The van der Waals surface area contributed by atoms with Crippen LogP contribution in [-0.2, 0) is 6.42 Å². The standard InChI is InChI=1S/C10H11N2/c1-2-4-9(5-3-1)8-10-11-6-7-12-10/h2-5H,6-8H2,(H,11,12). The Morgan fingerprint density at radius 1 is 1.42 bits per heavy atom. The average molecular weight is 159 g/mol. The van der Waals surface area contributed by atoms with Crippen LogP contribution in [0, 0.1) is 6.07 Å². The number of benzene rings is 1. The van der Waals surface area contributed by atoms with Gasteiger partial charge in [0.1, 0.15) is 5.84 Å². The van der Waals surface area contributed by atoms with Crippen LogP contribution in [-0.4, -0.2) is 18.9 Å². The Balaban J connectivity index is 2.04. The summed E-state index contributed by atoms with van der Waals surface area (Å²) in [6.45, 7) is 1.92. The van der Waals surface area contributed by atoms with Gasteiger partial charge in [-0.3, -0.25) is 4.99 Å². The Labute approximate surface area is 72.3 Å². The highest BCUT2D eigenvalue weighted by atomic mass is 15.1. The molecule has 1 radical (unpaired) electrons. The third-order valence-corrected chi connectivity index (χ3v) is 1.90. The van der Waals surface area contributed by atoms with E-state index >= 15 is 0 Å². The quantitative estimate of drug-likeness (QED) is 0.684. The van der Waals surface area contributed by atoms with Crippen LogP contribution < -0.4 is 5.32 Å². The Bertz CT molecular complexity index is 277. The fourth-order valence-electron chi connectivity index (χ4n) is 1.30. The number of nitrogens with one attached hydrogen (secondary N) is 1. The van der Waals surface area contributed by atoms with Crippen LogP contribution in [0.4, 0.5) is 0 Å². The van der Waals surface area contributed by atoms with Crippen LogP contribution in [0.3, 0.4) is 0 Å². The van der Waals surface area contributed by atoms with Crippen molar-refractivity contribution < 1.29 is 0 Å². The van der Waals surface area contributed by atoms with E-state index in [9.17, 15) is 0 Å². The summed E-state index contributed by atoms with van der Waals surface area (Å²) in [6, 6.07) is 11.0. The molecule has 1 aliphatic rings. The first-order chi connectivity index (χ1) is 5.95. The minimum Gasteiger partial charge on any atom is -0.372 e. The second-order valence-corrected chi connectivity index (χ2v) is 2.84. The number of nitrogens with zero attached hydrogens (tertiary/aromatic N) is 1. The maximum absolute atomic E-state index is 4.33. The topological polar surface area (TPSA) is 24.4 Å². The highest BCUT2D eigenvalue weighted by molar-refractivity contribution is 5.85. The molecule has 2 rings (SSSR count). The van der Waals surface area contributed by atoms with Gasteiger partial charge in [-0.05, 0) is 11.6 Å². The molecule has 61 valence electrons. The molecule has 1 aliphatic heterocycles. The van der Waals surface area contributed by atoms with Gasteiger partial charge in [0.2, 0.25) is 0 Å². The third kappa shape index (κ3) is 1.64. The molecule has 1 N–H and O–H groups in total. The first-order valence-corrected chi connectivity index (χ1v) is 4.17. The maximum atomic E-state index is 4.33. The van der Waals surface area contributed by atoms with Crippen molar-refractivity contribution in [3.8, 4) is 0 Å². The van der Waals surface area contributed by atoms with E-state index in [0.29, 0.717) is 0 Å². The molecule has 0 bridgehead atoms. The molecule has 0 aliphatic carbocycles. The van der Waals surface area contributed by atoms with Gasteiger partial charge in [-0.15, -0.1) is 0 Å². The highest BCUT2D eigenvalue weighted by Gasteiger charge is 2.04. The van der Waals surface area contributed by atoms with Crippen molar-refractivity contribution in [1.82, 2.24) is 5.32 Å². The van der Waals surface area contributed by atoms with Crippen LogP contribution in [0.1, 0.15) is 5.56 Å². The van der Waals surface area contributed by atoms with Crippen molar-refractivity contribution in [1.29, 1.82) is 0 Å². The molecule has 2 nitrogen and oxygen atoms in total. The van der Waals surface area contributed by atoms with E-state index in [2.05, 4.69) is 28.5 Å². The highest BCUT2D eigenvalue weighted by Crippen LogP contribution is 2.01. The van der Waals surface area contributed by atoms with Crippen LogP contribution in [0.15, 0.2) is 29.3 Å². The van der Waals surface area contributed by atoms with E-state index in [0.717, 1.165) is 25.3 Å². The number of amidine groups is 1. The van der Waals surface area contributed by atoms with Gasteiger partial charge >= 0.3 is 0 Å². The van der Waals surface area contributed by atoms with E-state index in [1.807, 2.05) is 12.1 Å². The normalized spacial score (nSPS) is 15.5. The maximum Gasteiger partial charge on any atom is 0.101 e. The smallest absolute Gasteiger partial charge is 0.101 e. The van der Waals surface area contributed by atoms with Gasteiger partial charge in [0, 0.05) is 13.0 Å². The summed E-state index contributed by atoms with van der Waals surface area (Å²) >= 11 is 0. The molecule has 1 aromatic carbocycles. The van der Waals surface area contributed by atoms with Crippen LogP contribution in [0.25, 0.3) is 0 Å². The number of rotatable bonds is 2. The summed E-state index contributed by atoms with van der Waals surface area (Å²) in [4.78, 5) is 4.33. The number of hydrogen-bond donors (Lipinski definition) is 1. The summed E-state index contributed by atoms with van der Waals surface area (Å²) in [5.41, 5.74) is 1.29. The zero-order valence-electron chi connectivity index (χ0n) is 6.88. The molecule has 2 heteroatoms. The van der Waals surface area contributed by atoms with Gasteiger partial charge in [0.25, 0.3) is 0 Å². The lowest BCUT2D eigenvalue weighted by Gasteiger charge is -2.00. The summed E-state index contributed by atoms with van der Waals surface area (Å²) in [6.07, 6.45) is 0.925. The fourth-order valence-corrected chi connectivity index (χ4v) is 1.30. The van der Waals surface area contributed by atoms with Gasteiger partial charge < -0.3 is 5.32 Å². The minimum absolute atomic E-state index is 0.925. The fraction of sp³-hybridized carbons (Fsp3) is 0.300. The molecular weight excluding hydrogens is 148 g/mol. The van der Waals surface area contributed by atoms with Crippen molar-refractivity contribution >= 4 is 5.84 Å². The van der Waals surface area contributed by atoms with Crippen molar-refractivity contribution in [2.24, 2.45) is 4.99 Å². The lowest BCUT2D eigenvalue weighted by Crippen LogP contribution is -2.20. The Morgan fingerprint density at radius 2 is 2.25 bits per heavy atom. The zero-order valence-corrected chi connectivity index (χ0v) is 6.88. The molecule has 0 saturated carbocycles. The lowest BCUT2D eigenvalue weighted by molar-refractivity contribution is 0.953. The molecule has 0 saturated heterocycles. The van der Waals surface area contributed by atoms with Crippen LogP contribution >= 0.6 is 0 Å². The minimum atomic E-state index is 0.925. The molecule has 1 aromatic rings. The van der Waals surface area contributed by atoms with Gasteiger partial charge in [0.15, 0.2) is 0 Å². The Morgan fingerprint density at radius 3 is 2.92 bits per heavy atom. The average Bonchev–Trinajstić information content (AvgIpc) is 2.59. The molecule has 12 heavy (non-hydrogen) atoms. The first kappa shape index (κ1) is 7.35. The van der Waals surface area contributed by atoms with E-state index in [4.69, 9.17) is 0 Å². The van der Waals surface area contributed by atoms with E-state index in [1.54, 1.807) is 0 Å². The molecule has 0 aromatic heterocycles. The van der Waals surface area contributed by atoms with Gasteiger partial charge in [-0.2, -0.15) is 0 Å². The van der Waals surface area contributed by atoms with Crippen LogP contribution in [0.5, 0.6) is 0 Å². The molecule has 0 amide bonds. The predicted molar refractivity (Wildman–Crippen MR) is 49.3 cm³/mol. The SMILES string of the molecule is [c]1ccc(CC2=NCCN2)cc1. The Hall–Kier alpha value is -1.31.